The van der Waals surface area contributed by atoms with Crippen LogP contribution in [0.25, 0.3) is 0 Å². The topological polar surface area (TPSA) is 72.8 Å². The molecule has 0 amide bonds. The Kier molecular flexibility index (Phi) is 3.06. The summed E-state index contributed by atoms with van der Waals surface area (Å²) in [5.41, 5.74) is 0. The molecular weight excluding hydrogens is 199 g/mol. The molecule has 0 aromatic heterocycles. The zero-order chi connectivity index (χ0) is 8.41. The molecule has 62 valence electrons. The molecule has 0 saturated heterocycles. The van der Waals surface area contributed by atoms with Crippen molar-refractivity contribution in [3.8, 4) is 0 Å². The molecule has 0 aliphatic heterocycles. The second-order valence-electron chi connectivity index (χ2n) is 1.01. The van der Waals surface area contributed by atoms with Crippen LogP contribution in [0.15, 0.2) is 0 Å². The van der Waals surface area contributed by atoms with Crippen LogP contribution in [0, 0.1) is 0 Å². The Morgan fingerprint density at radius 3 is 1.60 bits per heavy atom. The van der Waals surface area contributed by atoms with E-state index in [9.17, 15) is 21.7 Å². The van der Waals surface area contributed by atoms with E-state index in [-0.39, 0.29) is 0 Å². The van der Waals surface area contributed by atoms with Crippen molar-refractivity contribution in [3.63, 3.8) is 0 Å². The first-order valence-electron chi connectivity index (χ1n) is 1.60. The molecule has 1 atom stereocenters. The summed E-state index contributed by atoms with van der Waals surface area (Å²) in [7, 11) is -11.7. The van der Waals surface area contributed by atoms with E-state index in [4.69, 9.17) is 4.89 Å². The smallest absolute Gasteiger partial charge is 0.298 e. The Labute approximate surface area is 53.0 Å². The molecule has 0 radical (unpaired) electrons. The summed E-state index contributed by atoms with van der Waals surface area (Å²) in [5.74, 6) is 0. The monoisotopic (exact) mass is 200 g/mol. The third kappa shape index (κ3) is 8.13. The predicted octanol–water partition coefficient (Wildman–Crippen LogP) is 2.05. The Hall–Kier alpha value is 0.130. The van der Waals surface area contributed by atoms with Crippen molar-refractivity contribution >= 4 is 15.9 Å². The highest BCUT2D eigenvalue weighted by Gasteiger charge is 2.29. The first-order chi connectivity index (χ1) is 4.21. The van der Waals surface area contributed by atoms with Gasteiger partial charge in [-0.25, -0.2) is 9.13 Å². The third-order valence-corrected chi connectivity index (χ3v) is 0.836. The van der Waals surface area contributed by atoms with Gasteiger partial charge >= 0.3 is 15.9 Å². The minimum Gasteiger partial charge on any atom is -0.298 e. The molecule has 0 rings (SSSR count). The van der Waals surface area contributed by atoms with E-state index in [1.165, 1.54) is 0 Å². The fourth-order valence-corrected chi connectivity index (χ4v) is 0.719. The van der Waals surface area contributed by atoms with E-state index in [0.717, 1.165) is 0 Å². The van der Waals surface area contributed by atoms with Crippen LogP contribution in [0.5, 0.6) is 0 Å². The van der Waals surface area contributed by atoms with Crippen LogP contribution in [0.4, 0.5) is 12.6 Å². The van der Waals surface area contributed by atoms with Crippen molar-refractivity contribution in [2.24, 2.45) is 0 Å². The molecule has 0 fully saturated rings. The van der Waals surface area contributed by atoms with Crippen LogP contribution in [0.2, 0.25) is 0 Å². The number of hydrogen-bond donors (Lipinski definition) is 1. The second kappa shape index (κ2) is 3.02. The van der Waals surface area contributed by atoms with Crippen molar-refractivity contribution in [2.45, 2.75) is 0 Å². The van der Waals surface area contributed by atoms with E-state index >= 15 is 0 Å². The molecule has 1 N–H and O–H groups in total. The molecule has 0 bridgehead atoms. The van der Waals surface area contributed by atoms with Crippen molar-refractivity contribution < 1.29 is 36.0 Å². The van der Waals surface area contributed by atoms with Crippen LogP contribution in [-0.2, 0) is 18.5 Å². The maximum Gasteiger partial charge on any atom is 0.580 e. The van der Waals surface area contributed by atoms with E-state index in [1.54, 1.807) is 0 Å². The largest absolute Gasteiger partial charge is 0.580 e. The van der Waals surface area contributed by atoms with Crippen LogP contribution in [0.1, 0.15) is 0 Å². The Bertz CT molecular complexity index is 165. The molecule has 0 spiro atoms. The van der Waals surface area contributed by atoms with E-state index in [0.29, 0.717) is 0 Å². The molecule has 10 heteroatoms. The quantitative estimate of drug-likeness (QED) is 0.428. The summed E-state index contributed by atoms with van der Waals surface area (Å²) >= 11 is 0. The SMILES string of the molecule is O=P(O)(F)OOP(=O)(F)F. The Morgan fingerprint density at radius 1 is 1.10 bits per heavy atom. The van der Waals surface area contributed by atoms with Gasteiger partial charge in [0.15, 0.2) is 0 Å². The van der Waals surface area contributed by atoms with Gasteiger partial charge < -0.3 is 0 Å². The lowest BCUT2D eigenvalue weighted by molar-refractivity contribution is -0.128. The van der Waals surface area contributed by atoms with Gasteiger partial charge in [-0.1, -0.05) is 0 Å². The normalized spacial score (nSPS) is 18.4. The molecule has 0 heterocycles. The van der Waals surface area contributed by atoms with Crippen LogP contribution >= 0.6 is 15.9 Å². The molecule has 5 nitrogen and oxygen atoms in total. The average molecular weight is 200 g/mol. The van der Waals surface area contributed by atoms with Crippen molar-refractivity contribution in [2.75, 3.05) is 0 Å². The lowest BCUT2D eigenvalue weighted by Crippen LogP contribution is -1.80. The summed E-state index contributed by atoms with van der Waals surface area (Å²) in [6.45, 7) is 0. The number of hydrogen-bond acceptors (Lipinski definition) is 4. The van der Waals surface area contributed by atoms with Gasteiger partial charge in [-0.15, -0.1) is 21.9 Å². The van der Waals surface area contributed by atoms with E-state index in [1.807, 2.05) is 0 Å². The van der Waals surface area contributed by atoms with Crippen molar-refractivity contribution in [1.29, 1.82) is 0 Å². The molecule has 0 aliphatic carbocycles. The summed E-state index contributed by atoms with van der Waals surface area (Å²) in [6, 6.07) is 0. The zero-order valence-corrected chi connectivity index (χ0v) is 5.90. The minimum atomic E-state index is -6.06. The summed E-state index contributed by atoms with van der Waals surface area (Å²) in [4.78, 5) is 7.47. The van der Waals surface area contributed by atoms with E-state index < -0.39 is 15.9 Å². The van der Waals surface area contributed by atoms with Crippen LogP contribution in [0.3, 0.4) is 0 Å². The third-order valence-electron chi connectivity index (χ3n) is 0.212. The van der Waals surface area contributed by atoms with Gasteiger partial charge in [-0.2, -0.15) is 0 Å². The van der Waals surface area contributed by atoms with Gasteiger partial charge in [0, 0.05) is 0 Å². The van der Waals surface area contributed by atoms with Gasteiger partial charge in [0.25, 0.3) is 0 Å². The maximum absolute atomic E-state index is 11.2. The molecule has 0 aromatic carbocycles. The predicted molar refractivity (Wildman–Crippen MR) is 22.9 cm³/mol. The van der Waals surface area contributed by atoms with Crippen LogP contribution < -0.4 is 0 Å². The Balaban J connectivity index is 3.79. The standard InChI is InChI=1S/F3HO5P2/c1-9(2,4)7-8-10(3,5)6/h(H,5,6). The van der Waals surface area contributed by atoms with Gasteiger partial charge in [0.1, 0.15) is 0 Å². The fraction of sp³-hybridized carbons (Fsp3) is 0. The van der Waals surface area contributed by atoms with Gasteiger partial charge in [0.2, 0.25) is 0 Å². The highest BCUT2D eigenvalue weighted by molar-refractivity contribution is 7.49. The molecule has 0 aromatic rings. The van der Waals surface area contributed by atoms with Crippen molar-refractivity contribution in [3.05, 3.63) is 0 Å². The number of rotatable bonds is 3. The summed E-state index contributed by atoms with van der Waals surface area (Å²) < 4.78 is 56.8. The van der Waals surface area contributed by atoms with Gasteiger partial charge in [-0.05, 0) is 0 Å². The molecule has 10 heavy (non-hydrogen) atoms. The van der Waals surface area contributed by atoms with E-state index in [2.05, 4.69) is 9.35 Å². The molecule has 0 saturated carbocycles. The highest BCUT2D eigenvalue weighted by atomic mass is 31.2. The maximum atomic E-state index is 11.2. The zero-order valence-electron chi connectivity index (χ0n) is 4.11. The lowest BCUT2D eigenvalue weighted by Gasteiger charge is -1.98. The van der Waals surface area contributed by atoms with Crippen molar-refractivity contribution in [1.82, 2.24) is 0 Å². The molecular formula is HF3O5P2. The fourth-order valence-electron chi connectivity index (χ4n) is 0.0799. The first kappa shape index (κ1) is 10.1. The average Bonchev–Trinajstić information content (AvgIpc) is 1.57. The summed E-state index contributed by atoms with van der Waals surface area (Å²) in [6.07, 6.45) is 0. The lowest BCUT2D eigenvalue weighted by atomic mass is 14.9. The second-order valence-corrected chi connectivity index (χ2v) is 3.04. The summed E-state index contributed by atoms with van der Waals surface area (Å²) in [5, 5.41) is 0. The molecule has 1 unspecified atom stereocenters. The minimum absolute atomic E-state index is 2.43. The Morgan fingerprint density at radius 2 is 1.50 bits per heavy atom. The van der Waals surface area contributed by atoms with Gasteiger partial charge in [0.05, 0.1) is 0 Å². The van der Waals surface area contributed by atoms with Crippen LogP contribution in [-0.4, -0.2) is 4.89 Å². The van der Waals surface area contributed by atoms with Gasteiger partial charge in [-0.3, -0.25) is 4.89 Å². The molecule has 0 aliphatic rings. The number of halogens is 3. The highest BCUT2D eigenvalue weighted by Crippen LogP contribution is 2.56. The first-order valence-corrected chi connectivity index (χ1v) is 4.48.